The molecule has 20 heavy (non-hydrogen) atoms. The van der Waals surface area contributed by atoms with E-state index in [4.69, 9.17) is 9.90 Å². The predicted molar refractivity (Wildman–Crippen MR) is 75.3 cm³/mol. The van der Waals surface area contributed by atoms with Gasteiger partial charge in [-0.2, -0.15) is 0 Å². The van der Waals surface area contributed by atoms with Crippen molar-refractivity contribution in [2.45, 2.75) is 0 Å². The van der Waals surface area contributed by atoms with Crippen LogP contribution in [-0.4, -0.2) is 22.4 Å². The molecule has 0 spiro atoms. The van der Waals surface area contributed by atoms with Crippen LogP contribution in [0.25, 0.3) is 0 Å². The van der Waals surface area contributed by atoms with Crippen molar-refractivity contribution < 1.29 is 19.8 Å². The van der Waals surface area contributed by atoms with Crippen molar-refractivity contribution in [3.05, 3.63) is 60.7 Å². The van der Waals surface area contributed by atoms with Crippen molar-refractivity contribution in [2.24, 2.45) is 5.73 Å². The maximum atomic E-state index is 11.2. The summed E-state index contributed by atoms with van der Waals surface area (Å²) in [6, 6.07) is 18.0. The van der Waals surface area contributed by atoms with Crippen molar-refractivity contribution >= 4 is 23.6 Å². The topological polar surface area (TPSA) is 104 Å². The van der Waals surface area contributed by atoms with E-state index in [1.165, 1.54) is 4.90 Å². The summed E-state index contributed by atoms with van der Waals surface area (Å²) < 4.78 is 0. The van der Waals surface area contributed by atoms with E-state index < -0.39 is 12.2 Å². The highest BCUT2D eigenvalue weighted by atomic mass is 16.4. The molecule has 0 atom stereocenters. The van der Waals surface area contributed by atoms with Crippen molar-refractivity contribution in [1.82, 2.24) is 0 Å². The molecule has 104 valence electrons. The molecular formula is C14H14N2O4. The Morgan fingerprint density at radius 2 is 1.10 bits per heavy atom. The molecule has 0 heterocycles. The quantitative estimate of drug-likeness (QED) is 0.782. The van der Waals surface area contributed by atoms with Gasteiger partial charge in [0, 0.05) is 0 Å². The van der Waals surface area contributed by atoms with Crippen molar-refractivity contribution in [2.75, 3.05) is 4.90 Å². The second-order valence-electron chi connectivity index (χ2n) is 3.63. The third kappa shape index (κ3) is 4.69. The highest BCUT2D eigenvalue weighted by Gasteiger charge is 2.15. The minimum atomic E-state index is -1.33. The summed E-state index contributed by atoms with van der Waals surface area (Å²) in [5.41, 5.74) is 5.31. The number of carbonyl (C=O) groups is 2. The fraction of sp³-hybridized carbons (Fsp3) is 0. The molecule has 2 amide bonds. The summed E-state index contributed by atoms with van der Waals surface area (Å²) in [4.78, 5) is 21.3. The van der Waals surface area contributed by atoms with Gasteiger partial charge in [0.2, 0.25) is 0 Å². The second kappa shape index (κ2) is 7.42. The zero-order valence-corrected chi connectivity index (χ0v) is 10.5. The summed E-state index contributed by atoms with van der Waals surface area (Å²) >= 11 is 0. The molecule has 0 aliphatic carbocycles. The molecule has 0 saturated heterocycles. The molecule has 0 aromatic heterocycles. The molecule has 0 saturated carbocycles. The molecule has 0 aliphatic rings. The fourth-order valence-electron chi connectivity index (χ4n) is 1.52. The zero-order chi connectivity index (χ0) is 15.0. The van der Waals surface area contributed by atoms with E-state index in [2.05, 4.69) is 5.73 Å². The lowest BCUT2D eigenvalue weighted by Crippen LogP contribution is -2.23. The van der Waals surface area contributed by atoms with Crippen LogP contribution in [0, 0.1) is 0 Å². The fourth-order valence-corrected chi connectivity index (χ4v) is 1.52. The minimum absolute atomic E-state index is 0.640. The number of hydrogen-bond donors (Lipinski definition) is 3. The molecule has 0 fully saturated rings. The van der Waals surface area contributed by atoms with Crippen LogP contribution < -0.4 is 10.6 Å². The summed E-state index contributed by atoms with van der Waals surface area (Å²) in [7, 11) is 0. The Bertz CT molecular complexity index is 514. The van der Waals surface area contributed by atoms with Gasteiger partial charge in [0.15, 0.2) is 0 Å². The van der Waals surface area contributed by atoms with Gasteiger partial charge in [0.1, 0.15) is 0 Å². The Morgan fingerprint density at radius 3 is 1.35 bits per heavy atom. The first kappa shape index (κ1) is 15.0. The van der Waals surface area contributed by atoms with Crippen LogP contribution in [0.3, 0.4) is 0 Å². The Morgan fingerprint density at radius 1 is 0.800 bits per heavy atom. The van der Waals surface area contributed by atoms with Gasteiger partial charge in [0.05, 0.1) is 11.4 Å². The highest BCUT2D eigenvalue weighted by Crippen LogP contribution is 2.24. The van der Waals surface area contributed by atoms with E-state index >= 15 is 0 Å². The van der Waals surface area contributed by atoms with Gasteiger partial charge in [-0.05, 0) is 24.3 Å². The molecule has 0 unspecified atom stereocenters. The van der Waals surface area contributed by atoms with Crippen LogP contribution >= 0.6 is 0 Å². The van der Waals surface area contributed by atoms with E-state index in [0.29, 0.717) is 11.4 Å². The van der Waals surface area contributed by atoms with Crippen molar-refractivity contribution in [3.8, 4) is 0 Å². The number of anilines is 2. The van der Waals surface area contributed by atoms with Crippen LogP contribution in [0.15, 0.2) is 60.7 Å². The molecule has 6 heteroatoms. The largest absolute Gasteiger partial charge is 0.465 e. The number of hydrogen-bond acceptors (Lipinski definition) is 2. The van der Waals surface area contributed by atoms with Gasteiger partial charge >= 0.3 is 12.2 Å². The average molecular weight is 274 g/mol. The number of carboxylic acid groups (broad SMARTS) is 2. The maximum Gasteiger partial charge on any atom is 0.416 e. The van der Waals surface area contributed by atoms with Crippen molar-refractivity contribution in [3.63, 3.8) is 0 Å². The predicted octanol–water partition coefficient (Wildman–Crippen LogP) is 3.13. The molecular weight excluding hydrogens is 260 g/mol. The van der Waals surface area contributed by atoms with Crippen LogP contribution in [0.1, 0.15) is 0 Å². The van der Waals surface area contributed by atoms with Crippen molar-refractivity contribution in [1.29, 1.82) is 0 Å². The number of benzene rings is 2. The molecule has 0 bridgehead atoms. The Balaban J connectivity index is 0.000000444. The Hall–Kier alpha value is -3.02. The standard InChI is InChI=1S/C13H11NO2.CH3NO2/c15-13(16)14(11-7-3-1-4-8-11)12-9-5-2-6-10-12;2-1(3)4/h1-10H,(H,15,16);2H2,(H,3,4). The van der Waals surface area contributed by atoms with Crippen LogP contribution in [0.2, 0.25) is 0 Å². The average Bonchev–Trinajstić information content (AvgIpc) is 2.40. The lowest BCUT2D eigenvalue weighted by Gasteiger charge is -2.18. The smallest absolute Gasteiger partial charge is 0.416 e. The molecule has 0 aliphatic heterocycles. The Labute approximate surface area is 115 Å². The minimum Gasteiger partial charge on any atom is -0.465 e. The van der Waals surface area contributed by atoms with Gasteiger partial charge in [-0.15, -0.1) is 0 Å². The third-order valence-corrected chi connectivity index (χ3v) is 2.22. The molecule has 2 rings (SSSR count). The van der Waals surface area contributed by atoms with Crippen LogP contribution in [0.5, 0.6) is 0 Å². The molecule has 0 radical (unpaired) electrons. The number of para-hydroxylation sites is 2. The lowest BCUT2D eigenvalue weighted by atomic mass is 10.2. The summed E-state index contributed by atoms with van der Waals surface area (Å²) in [5, 5.41) is 16.4. The molecule has 6 nitrogen and oxygen atoms in total. The number of primary amides is 1. The molecule has 2 aromatic carbocycles. The summed E-state index contributed by atoms with van der Waals surface area (Å²) in [6.07, 6.45) is -2.32. The number of rotatable bonds is 2. The number of amides is 2. The van der Waals surface area contributed by atoms with E-state index in [1.54, 1.807) is 24.3 Å². The van der Waals surface area contributed by atoms with Gasteiger partial charge in [-0.1, -0.05) is 36.4 Å². The molecule has 4 N–H and O–H groups in total. The first-order valence-electron chi connectivity index (χ1n) is 5.64. The van der Waals surface area contributed by atoms with Gasteiger partial charge < -0.3 is 15.9 Å². The van der Waals surface area contributed by atoms with Gasteiger partial charge in [-0.3, -0.25) is 0 Å². The lowest BCUT2D eigenvalue weighted by molar-refractivity contribution is 0.203. The second-order valence-corrected chi connectivity index (χ2v) is 3.63. The molecule has 2 aromatic rings. The van der Waals surface area contributed by atoms with Crippen LogP contribution in [-0.2, 0) is 0 Å². The Kier molecular flexibility index (Phi) is 5.58. The summed E-state index contributed by atoms with van der Waals surface area (Å²) in [6.45, 7) is 0. The van der Waals surface area contributed by atoms with E-state index in [-0.39, 0.29) is 0 Å². The van der Waals surface area contributed by atoms with Gasteiger partial charge in [-0.25, -0.2) is 14.5 Å². The normalized spacial score (nSPS) is 9.00. The van der Waals surface area contributed by atoms with E-state index in [0.717, 1.165) is 0 Å². The summed E-state index contributed by atoms with van der Waals surface area (Å²) in [5.74, 6) is 0. The zero-order valence-electron chi connectivity index (χ0n) is 10.5. The SMILES string of the molecule is NC(=O)O.O=C(O)N(c1ccccc1)c1ccccc1. The van der Waals surface area contributed by atoms with E-state index in [9.17, 15) is 9.90 Å². The number of nitrogens with two attached hydrogens (primary N) is 1. The highest BCUT2D eigenvalue weighted by molar-refractivity contribution is 5.94. The first-order valence-corrected chi connectivity index (χ1v) is 5.64. The van der Waals surface area contributed by atoms with Gasteiger partial charge in [0.25, 0.3) is 0 Å². The number of nitrogens with zero attached hydrogens (tertiary/aromatic N) is 1. The first-order chi connectivity index (χ1) is 9.52. The van der Waals surface area contributed by atoms with E-state index in [1.807, 2.05) is 36.4 Å². The maximum absolute atomic E-state index is 11.2. The third-order valence-electron chi connectivity index (χ3n) is 2.22. The monoisotopic (exact) mass is 274 g/mol. The van der Waals surface area contributed by atoms with Crippen LogP contribution in [0.4, 0.5) is 21.0 Å².